The Morgan fingerprint density at radius 2 is 1.26 bits per heavy atom. The van der Waals surface area contributed by atoms with Crippen molar-refractivity contribution < 1.29 is 4.79 Å². The smallest absolute Gasteiger partial charge is 0.178 e. The van der Waals surface area contributed by atoms with Gasteiger partial charge in [0.25, 0.3) is 0 Å². The predicted molar refractivity (Wildman–Crippen MR) is 155 cm³/mol. The highest BCUT2D eigenvalue weighted by Crippen LogP contribution is 2.43. The van der Waals surface area contributed by atoms with E-state index in [1.54, 1.807) is 12.2 Å². The molecule has 0 amide bonds. The summed E-state index contributed by atoms with van der Waals surface area (Å²) in [5.41, 5.74) is 2.85. The van der Waals surface area contributed by atoms with Crippen LogP contribution in [0, 0.1) is 5.41 Å². The average molecular weight is 479 g/mol. The molecular weight excluding hydrogens is 443 g/mol. The lowest BCUT2D eigenvalue weighted by Gasteiger charge is -2.32. The van der Waals surface area contributed by atoms with Gasteiger partial charge in [-0.2, -0.15) is 0 Å². The first kappa shape index (κ1) is 25.0. The number of hydrogen-bond donors (Lipinski definition) is 0. The Hall–Kier alpha value is -3.15. The number of ketones is 1. The molecule has 1 aliphatic carbocycles. The van der Waals surface area contributed by atoms with Crippen molar-refractivity contribution in [2.24, 2.45) is 5.41 Å². The fourth-order valence-corrected chi connectivity index (χ4v) is 8.88. The molecule has 3 aromatic carbocycles. The SMILES string of the molecule is CC1=C(/C=C/C(=O)/C=C/C=P(c2ccccc2)(c2ccccc2)c2ccccc2)C(C)(C)CCC1. The second-order valence-corrected chi connectivity index (χ2v) is 13.2. The molecule has 0 atom stereocenters. The van der Waals surface area contributed by atoms with Crippen LogP contribution in [0.15, 0.2) is 126 Å². The van der Waals surface area contributed by atoms with Crippen molar-refractivity contribution in [3.05, 3.63) is 126 Å². The van der Waals surface area contributed by atoms with Crippen molar-refractivity contribution in [3.63, 3.8) is 0 Å². The molecule has 1 nitrogen and oxygen atoms in total. The summed E-state index contributed by atoms with van der Waals surface area (Å²) in [6, 6.07) is 32.0. The van der Waals surface area contributed by atoms with E-state index in [9.17, 15) is 4.79 Å². The molecule has 0 unspecified atom stereocenters. The standard InChI is InChI=1S/C33H35OP/c1-27-15-13-25-33(2,3)32(27)24-23-28(34)16-14-26-35(29-17-7-4-8-18-29,30-19-9-5-10-20-30)31-21-11-6-12-22-31/h4-12,14,16-24,26H,13,15,25H2,1-3H3/b16-14+,24-23+. The van der Waals surface area contributed by atoms with Crippen LogP contribution >= 0.6 is 6.89 Å². The predicted octanol–water partition coefficient (Wildman–Crippen LogP) is 6.99. The highest BCUT2D eigenvalue weighted by molar-refractivity contribution is 7.94. The second kappa shape index (κ2) is 11.1. The summed E-state index contributed by atoms with van der Waals surface area (Å²) in [5, 5.41) is 3.82. The fourth-order valence-electron chi connectivity index (χ4n) is 5.19. The highest BCUT2D eigenvalue weighted by Gasteiger charge is 2.27. The first-order valence-corrected chi connectivity index (χ1v) is 14.3. The molecular formula is C33H35OP. The van der Waals surface area contributed by atoms with Gasteiger partial charge in [-0.15, -0.1) is 0 Å². The summed E-state index contributed by atoms with van der Waals surface area (Å²) in [4.78, 5) is 12.9. The largest absolute Gasteiger partial charge is 0.290 e. The van der Waals surface area contributed by atoms with Crippen LogP contribution in [0.2, 0.25) is 0 Å². The average Bonchev–Trinajstić information content (AvgIpc) is 2.88. The molecule has 0 bridgehead atoms. The third kappa shape index (κ3) is 5.58. The van der Waals surface area contributed by atoms with Gasteiger partial charge in [-0.25, -0.2) is 0 Å². The monoisotopic (exact) mass is 478 g/mol. The summed E-state index contributed by atoms with van der Waals surface area (Å²) >= 11 is 0. The van der Waals surface area contributed by atoms with Crippen molar-refractivity contribution in [2.45, 2.75) is 40.0 Å². The summed E-state index contributed by atoms with van der Waals surface area (Å²) < 4.78 is 0. The quantitative estimate of drug-likeness (QED) is 0.264. The van der Waals surface area contributed by atoms with Crippen LogP contribution in [0.4, 0.5) is 0 Å². The normalized spacial score (nSPS) is 16.1. The molecule has 0 radical (unpaired) electrons. The lowest BCUT2D eigenvalue weighted by molar-refractivity contribution is -0.110. The number of allylic oxidation sites excluding steroid dienone is 6. The summed E-state index contributed by atoms with van der Waals surface area (Å²) in [5.74, 6) is 2.29. The molecule has 35 heavy (non-hydrogen) atoms. The number of hydrogen-bond acceptors (Lipinski definition) is 1. The van der Waals surface area contributed by atoms with Gasteiger partial charge >= 0.3 is 0 Å². The number of carbonyl (C=O) groups excluding carboxylic acids is 1. The van der Waals surface area contributed by atoms with Crippen molar-refractivity contribution in [1.82, 2.24) is 0 Å². The molecule has 0 fully saturated rings. The van der Waals surface area contributed by atoms with Gasteiger partial charge in [-0.3, -0.25) is 4.79 Å². The number of benzene rings is 3. The van der Waals surface area contributed by atoms with E-state index in [4.69, 9.17) is 0 Å². The zero-order valence-corrected chi connectivity index (χ0v) is 21.9. The van der Waals surface area contributed by atoms with Crippen LogP contribution in [0.25, 0.3) is 0 Å². The third-order valence-corrected chi connectivity index (χ3v) is 11.0. The minimum absolute atomic E-state index is 0.0233. The van der Waals surface area contributed by atoms with E-state index >= 15 is 0 Å². The van der Waals surface area contributed by atoms with Crippen LogP contribution < -0.4 is 15.9 Å². The molecule has 0 aliphatic heterocycles. The van der Waals surface area contributed by atoms with Gasteiger partial charge in [0, 0.05) is 0 Å². The topological polar surface area (TPSA) is 17.1 Å². The Balaban J connectivity index is 1.77. The molecule has 178 valence electrons. The van der Waals surface area contributed by atoms with Gasteiger partial charge in [-0.1, -0.05) is 128 Å². The number of carbonyl (C=O) groups is 1. The van der Waals surface area contributed by atoms with Crippen molar-refractivity contribution in [3.8, 4) is 0 Å². The Labute approximate surface area is 210 Å². The molecule has 0 aromatic heterocycles. The van der Waals surface area contributed by atoms with Gasteiger partial charge in [0.15, 0.2) is 5.78 Å². The van der Waals surface area contributed by atoms with Crippen LogP contribution in [-0.4, -0.2) is 11.6 Å². The lowest BCUT2D eigenvalue weighted by Crippen LogP contribution is -2.26. The maximum absolute atomic E-state index is 12.9. The van der Waals surface area contributed by atoms with E-state index in [2.05, 4.69) is 124 Å². The van der Waals surface area contributed by atoms with E-state index in [1.165, 1.54) is 39.9 Å². The minimum Gasteiger partial charge on any atom is -0.290 e. The molecule has 0 heterocycles. The molecule has 3 aromatic rings. The number of rotatable bonds is 7. The van der Waals surface area contributed by atoms with Gasteiger partial charge in [-0.05, 0) is 72.1 Å². The van der Waals surface area contributed by atoms with Crippen molar-refractivity contribution >= 4 is 34.4 Å². The van der Waals surface area contributed by atoms with E-state index < -0.39 is 6.89 Å². The zero-order valence-electron chi connectivity index (χ0n) is 21.0. The van der Waals surface area contributed by atoms with Crippen LogP contribution in [0.5, 0.6) is 0 Å². The van der Waals surface area contributed by atoms with Gasteiger partial charge in [0.1, 0.15) is 0 Å². The van der Waals surface area contributed by atoms with Gasteiger partial charge in [0.05, 0.1) is 0 Å². The third-order valence-electron chi connectivity index (χ3n) is 7.02. The highest BCUT2D eigenvalue weighted by atomic mass is 31.2. The van der Waals surface area contributed by atoms with Crippen LogP contribution in [0.1, 0.15) is 40.0 Å². The zero-order chi connectivity index (χ0) is 24.7. The molecule has 1 aliphatic rings. The molecule has 0 spiro atoms. The van der Waals surface area contributed by atoms with Crippen LogP contribution in [-0.2, 0) is 4.79 Å². The van der Waals surface area contributed by atoms with Gasteiger partial charge < -0.3 is 0 Å². The van der Waals surface area contributed by atoms with Crippen molar-refractivity contribution in [2.75, 3.05) is 0 Å². The Morgan fingerprint density at radius 3 is 1.71 bits per heavy atom. The minimum atomic E-state index is -2.08. The summed E-state index contributed by atoms with van der Waals surface area (Å²) in [7, 11) is 0. The first-order valence-electron chi connectivity index (χ1n) is 12.4. The maximum atomic E-state index is 12.9. The van der Waals surface area contributed by atoms with E-state index in [-0.39, 0.29) is 11.2 Å². The fraction of sp³-hybridized carbons (Fsp3) is 0.212. The molecule has 0 saturated heterocycles. The Kier molecular flexibility index (Phi) is 7.89. The van der Waals surface area contributed by atoms with E-state index in [0.29, 0.717) is 0 Å². The molecule has 2 heteroatoms. The van der Waals surface area contributed by atoms with Crippen LogP contribution in [0.3, 0.4) is 0 Å². The molecule has 0 saturated carbocycles. The van der Waals surface area contributed by atoms with Crippen molar-refractivity contribution in [1.29, 1.82) is 0 Å². The van der Waals surface area contributed by atoms with E-state index in [0.717, 1.165) is 6.42 Å². The second-order valence-electron chi connectivity index (χ2n) is 9.90. The van der Waals surface area contributed by atoms with Gasteiger partial charge in [0.2, 0.25) is 0 Å². The Morgan fingerprint density at radius 1 is 0.771 bits per heavy atom. The maximum Gasteiger partial charge on any atom is 0.178 e. The Bertz CT molecular complexity index is 1190. The summed E-state index contributed by atoms with van der Waals surface area (Å²) in [6.07, 6.45) is 11.0. The summed E-state index contributed by atoms with van der Waals surface area (Å²) in [6.45, 7) is 4.68. The molecule has 4 rings (SSSR count). The lowest BCUT2D eigenvalue weighted by atomic mass is 9.72. The van der Waals surface area contributed by atoms with E-state index in [1.807, 2.05) is 6.08 Å². The molecule has 0 N–H and O–H groups in total. The first-order chi connectivity index (χ1) is 16.9.